The second kappa shape index (κ2) is 8.77. The normalized spacial score (nSPS) is 20.4. The number of likely N-dealkylation sites (tertiary alicyclic amines) is 1. The second-order valence-corrected chi connectivity index (χ2v) is 8.42. The highest BCUT2D eigenvalue weighted by atomic mass is 32.1. The molecule has 8 heteroatoms. The molecule has 0 aliphatic carbocycles. The first-order valence-electron chi connectivity index (χ1n) is 9.30. The molecular weight excluding hydrogens is 378 g/mol. The molecule has 0 radical (unpaired) electrons. The fourth-order valence-corrected chi connectivity index (χ4v) is 4.03. The Hall–Kier alpha value is -2.35. The first kappa shape index (κ1) is 21.9. The van der Waals surface area contributed by atoms with E-state index >= 15 is 0 Å². The molecule has 0 bridgehead atoms. The monoisotopic (exact) mass is 407 g/mol. The fourth-order valence-electron chi connectivity index (χ4n) is 3.84. The van der Waals surface area contributed by atoms with E-state index in [-0.39, 0.29) is 10.5 Å². The molecule has 7 nitrogen and oxygen atoms in total. The summed E-state index contributed by atoms with van der Waals surface area (Å²) in [6, 6.07) is 8.43. The van der Waals surface area contributed by atoms with Gasteiger partial charge in [-0.25, -0.2) is 9.59 Å². The van der Waals surface area contributed by atoms with Gasteiger partial charge in [0.25, 0.3) is 0 Å². The van der Waals surface area contributed by atoms with E-state index in [1.165, 1.54) is 12.0 Å². The molecule has 2 rings (SSSR count). The van der Waals surface area contributed by atoms with Gasteiger partial charge in [-0.3, -0.25) is 0 Å². The number of methoxy groups -OCH3 is 1. The van der Waals surface area contributed by atoms with Crippen molar-refractivity contribution in [2.24, 2.45) is 5.41 Å². The van der Waals surface area contributed by atoms with Crippen molar-refractivity contribution in [2.45, 2.75) is 45.2 Å². The van der Waals surface area contributed by atoms with Crippen molar-refractivity contribution in [1.29, 1.82) is 0 Å². The van der Waals surface area contributed by atoms with E-state index in [9.17, 15) is 14.7 Å². The molecule has 1 aliphatic heterocycles. The number of hydrogen-bond acceptors (Lipinski definition) is 4. The molecule has 1 unspecified atom stereocenters. The van der Waals surface area contributed by atoms with Crippen LogP contribution in [0.4, 0.5) is 4.79 Å². The lowest BCUT2D eigenvalue weighted by Gasteiger charge is -2.47. The van der Waals surface area contributed by atoms with Gasteiger partial charge in [0, 0.05) is 13.1 Å². The molecule has 0 aromatic heterocycles. The number of carbonyl (C=O) groups is 2. The summed E-state index contributed by atoms with van der Waals surface area (Å²) in [5.74, 6) is -0.450. The zero-order valence-electron chi connectivity index (χ0n) is 16.8. The quantitative estimate of drug-likeness (QED) is 0.511. The van der Waals surface area contributed by atoms with Crippen LogP contribution in [0.25, 0.3) is 0 Å². The number of rotatable bonds is 5. The topological polar surface area (TPSA) is 90.9 Å². The van der Waals surface area contributed by atoms with Crippen molar-refractivity contribution >= 4 is 29.4 Å². The summed E-state index contributed by atoms with van der Waals surface area (Å²) in [7, 11) is 1.33. The van der Waals surface area contributed by atoms with E-state index in [2.05, 4.69) is 10.6 Å². The number of thiocarbonyl (C=S) groups is 1. The summed E-state index contributed by atoms with van der Waals surface area (Å²) in [4.78, 5) is 25.5. The van der Waals surface area contributed by atoms with Gasteiger partial charge in [-0.15, -0.1) is 0 Å². The Morgan fingerprint density at radius 3 is 2.50 bits per heavy atom. The number of nitrogens with one attached hydrogen (secondary N) is 2. The average Bonchev–Trinajstić information content (AvgIpc) is 3.10. The van der Waals surface area contributed by atoms with E-state index in [1.54, 1.807) is 0 Å². The van der Waals surface area contributed by atoms with Gasteiger partial charge in [0.1, 0.15) is 0 Å². The van der Waals surface area contributed by atoms with Crippen molar-refractivity contribution in [3.05, 3.63) is 35.9 Å². The van der Waals surface area contributed by atoms with Gasteiger partial charge in [0.15, 0.2) is 11.2 Å². The molecule has 1 aliphatic rings. The molecule has 1 saturated heterocycles. The summed E-state index contributed by atoms with van der Waals surface area (Å²) < 4.78 is 4.89. The average molecular weight is 408 g/mol. The summed E-state index contributed by atoms with van der Waals surface area (Å²) in [6.45, 7) is 6.97. The van der Waals surface area contributed by atoms with Crippen LogP contribution in [-0.4, -0.2) is 52.9 Å². The Balaban J connectivity index is 2.14. The predicted molar refractivity (Wildman–Crippen MR) is 111 cm³/mol. The van der Waals surface area contributed by atoms with Crippen molar-refractivity contribution in [2.75, 3.05) is 20.2 Å². The summed E-state index contributed by atoms with van der Waals surface area (Å²) >= 11 is 5.41. The van der Waals surface area contributed by atoms with E-state index in [4.69, 9.17) is 17.0 Å². The molecule has 1 heterocycles. The zero-order chi connectivity index (χ0) is 20.9. The molecule has 28 heavy (non-hydrogen) atoms. The maximum absolute atomic E-state index is 12.2. The van der Waals surface area contributed by atoms with E-state index < -0.39 is 23.6 Å². The number of ether oxygens (including phenoxy) is 1. The van der Waals surface area contributed by atoms with E-state index in [0.717, 1.165) is 18.4 Å². The Labute approximate surface area is 171 Å². The molecule has 154 valence electrons. The molecule has 2 atom stereocenters. The summed E-state index contributed by atoms with van der Waals surface area (Å²) in [5, 5.41) is 16.1. The van der Waals surface area contributed by atoms with Crippen molar-refractivity contribution in [3.8, 4) is 0 Å². The third kappa shape index (κ3) is 4.55. The Kier molecular flexibility index (Phi) is 6.87. The molecule has 1 aromatic rings. The fraction of sp³-hybridized carbons (Fsp3) is 0.550. The van der Waals surface area contributed by atoms with Gasteiger partial charge in [0.2, 0.25) is 0 Å². The zero-order valence-corrected chi connectivity index (χ0v) is 17.6. The van der Waals surface area contributed by atoms with Gasteiger partial charge in [-0.2, -0.15) is 0 Å². The molecular formula is C20H29N3O4S. The highest BCUT2D eigenvalue weighted by molar-refractivity contribution is 7.80. The lowest BCUT2D eigenvalue weighted by molar-refractivity contribution is -0.142. The largest absolute Gasteiger partial charge is 0.467 e. The minimum atomic E-state index is -0.926. The lowest BCUT2D eigenvalue weighted by atomic mass is 9.71. The van der Waals surface area contributed by atoms with Crippen LogP contribution in [0.1, 0.15) is 45.2 Å². The Morgan fingerprint density at radius 1 is 1.32 bits per heavy atom. The molecule has 1 aromatic carbocycles. The summed E-state index contributed by atoms with van der Waals surface area (Å²) in [5.41, 5.74) is -0.138. The van der Waals surface area contributed by atoms with Gasteiger partial charge < -0.3 is 25.4 Å². The van der Waals surface area contributed by atoms with Crippen LogP contribution >= 0.6 is 12.2 Å². The maximum atomic E-state index is 12.2. The highest BCUT2D eigenvalue weighted by Crippen LogP contribution is 2.43. The van der Waals surface area contributed by atoms with Gasteiger partial charge in [-0.05, 0) is 36.0 Å². The van der Waals surface area contributed by atoms with Crippen molar-refractivity contribution in [1.82, 2.24) is 15.5 Å². The molecule has 0 saturated carbocycles. The number of carbonyl (C=O) groups excluding carboxylic acids is 1. The van der Waals surface area contributed by atoms with Crippen LogP contribution in [0, 0.1) is 5.41 Å². The van der Waals surface area contributed by atoms with Crippen LogP contribution in [0.15, 0.2) is 30.3 Å². The summed E-state index contributed by atoms with van der Waals surface area (Å²) in [6.07, 6.45) is 0.627. The third-order valence-corrected chi connectivity index (χ3v) is 5.76. The number of amides is 1. The third-order valence-electron chi connectivity index (χ3n) is 5.50. The van der Waals surface area contributed by atoms with Crippen LogP contribution in [0.3, 0.4) is 0 Å². The second-order valence-electron chi connectivity index (χ2n) is 8.01. The predicted octanol–water partition coefficient (Wildman–Crippen LogP) is 2.92. The maximum Gasteiger partial charge on any atom is 0.407 e. The number of benzene rings is 1. The standard InChI is InChI=1S/C20H29N3O4S/c1-19(2,3)20(11-8-12-23(20)18(25)26)13-21-17(28)22-15(16(24)27-4)14-9-6-5-7-10-14/h5-7,9-10,15H,8,11-13H2,1-4H3,(H,25,26)(H2,21,22,28)/t15-,20?/m1/s1. The first-order valence-corrected chi connectivity index (χ1v) is 9.71. The first-order chi connectivity index (χ1) is 13.1. The van der Waals surface area contributed by atoms with Crippen LogP contribution in [0.5, 0.6) is 0 Å². The number of carboxylic acid groups (broad SMARTS) is 1. The molecule has 0 spiro atoms. The van der Waals surface area contributed by atoms with Crippen LogP contribution in [0.2, 0.25) is 0 Å². The minimum Gasteiger partial charge on any atom is -0.467 e. The smallest absolute Gasteiger partial charge is 0.407 e. The molecule has 1 amide bonds. The number of nitrogens with zero attached hydrogens (tertiary/aromatic N) is 1. The highest BCUT2D eigenvalue weighted by Gasteiger charge is 2.51. The van der Waals surface area contributed by atoms with Gasteiger partial charge >= 0.3 is 12.1 Å². The van der Waals surface area contributed by atoms with Crippen molar-refractivity contribution < 1.29 is 19.4 Å². The molecule has 1 fully saturated rings. The van der Waals surface area contributed by atoms with Gasteiger partial charge in [-0.1, -0.05) is 51.1 Å². The van der Waals surface area contributed by atoms with Crippen LogP contribution < -0.4 is 10.6 Å². The van der Waals surface area contributed by atoms with Gasteiger partial charge in [0.05, 0.1) is 12.6 Å². The minimum absolute atomic E-state index is 0.278. The lowest BCUT2D eigenvalue weighted by Crippen LogP contribution is -2.62. The Bertz CT molecular complexity index is 720. The molecule has 3 N–H and O–H groups in total. The number of hydrogen-bond donors (Lipinski definition) is 3. The number of esters is 1. The Morgan fingerprint density at radius 2 is 1.96 bits per heavy atom. The van der Waals surface area contributed by atoms with Crippen molar-refractivity contribution in [3.63, 3.8) is 0 Å². The SMILES string of the molecule is COC(=O)[C@H](NC(=S)NCC1(C(C)(C)C)CCCN1C(=O)O)c1ccccc1. The van der Waals surface area contributed by atoms with Crippen LogP contribution in [-0.2, 0) is 9.53 Å². The van der Waals surface area contributed by atoms with E-state index in [0.29, 0.717) is 13.1 Å². The van der Waals surface area contributed by atoms with E-state index in [1.807, 2.05) is 51.1 Å².